The number of fused-ring (bicyclic) bond motifs is 3. The quantitative estimate of drug-likeness (QED) is 0.299. The lowest BCUT2D eigenvalue weighted by molar-refractivity contribution is -0.0717. The van der Waals surface area contributed by atoms with Crippen LogP contribution in [-0.4, -0.2) is 68.4 Å². The van der Waals surface area contributed by atoms with Gasteiger partial charge >= 0.3 is 5.97 Å². The lowest BCUT2D eigenvalue weighted by Crippen LogP contribution is -2.64. The number of carboxylic acid groups (broad SMARTS) is 1. The smallest absolute Gasteiger partial charge is 0.335 e. The number of carboxylic acids is 1. The lowest BCUT2D eigenvalue weighted by Gasteiger charge is -2.54. The summed E-state index contributed by atoms with van der Waals surface area (Å²) >= 11 is 6.06. The first-order valence-electron chi connectivity index (χ1n) is 14.9. The number of aromatic carboxylic acids is 1. The molecule has 0 amide bonds. The van der Waals surface area contributed by atoms with Crippen molar-refractivity contribution in [3.05, 3.63) is 76.6 Å². The number of nitrogens with zero attached hydrogens (tertiary/aromatic N) is 5. The SMILES string of the molecule is C[C@@]1(c2ccc(Cl)cn2)Oc2cccc(N3CCN(Cc4nc5c(F)cc(C(=O)O)cc5n4C[C@@H]4CCO4)[C@@H]4CC[C@@H]43)c2O1. The van der Waals surface area contributed by atoms with Crippen molar-refractivity contribution in [1.82, 2.24) is 19.4 Å². The fraction of sp³-hybridized carbons (Fsp3) is 0.406. The van der Waals surface area contributed by atoms with Crippen LogP contribution in [0.2, 0.25) is 5.02 Å². The molecule has 2 saturated heterocycles. The van der Waals surface area contributed by atoms with Crippen LogP contribution in [0.1, 0.15) is 48.1 Å². The average molecular weight is 620 g/mol. The van der Waals surface area contributed by atoms with E-state index in [1.54, 1.807) is 12.3 Å². The summed E-state index contributed by atoms with van der Waals surface area (Å²) in [5.41, 5.74) is 2.23. The number of piperazine rings is 1. The first-order chi connectivity index (χ1) is 21.3. The van der Waals surface area contributed by atoms with Crippen molar-refractivity contribution >= 4 is 34.3 Å². The summed E-state index contributed by atoms with van der Waals surface area (Å²) in [4.78, 5) is 25.7. The number of pyridine rings is 1. The Balaban J connectivity index is 1.06. The Labute approximate surface area is 257 Å². The maximum atomic E-state index is 15.1. The minimum absolute atomic E-state index is 0.00662. The summed E-state index contributed by atoms with van der Waals surface area (Å²) in [5.74, 6) is -0.753. The number of carbonyl (C=O) groups is 1. The van der Waals surface area contributed by atoms with Gasteiger partial charge in [-0.05, 0) is 55.7 Å². The van der Waals surface area contributed by atoms with Crippen LogP contribution in [0, 0.1) is 5.82 Å². The molecule has 4 atom stereocenters. The molecule has 1 aliphatic carbocycles. The van der Waals surface area contributed by atoms with E-state index in [-0.39, 0.29) is 29.3 Å². The largest absolute Gasteiger partial charge is 0.478 e. The molecule has 12 heteroatoms. The summed E-state index contributed by atoms with van der Waals surface area (Å²) in [6.45, 7) is 5.14. The molecule has 2 aromatic heterocycles. The highest BCUT2D eigenvalue weighted by Crippen LogP contribution is 2.51. The number of halogens is 2. The minimum Gasteiger partial charge on any atom is -0.478 e. The maximum Gasteiger partial charge on any atom is 0.335 e. The Kier molecular flexibility index (Phi) is 6.48. The molecule has 1 saturated carbocycles. The summed E-state index contributed by atoms with van der Waals surface area (Å²) < 4.78 is 35.5. The maximum absolute atomic E-state index is 15.1. The molecule has 0 unspecified atom stereocenters. The number of para-hydroxylation sites is 1. The van der Waals surface area contributed by atoms with Gasteiger partial charge in [-0.1, -0.05) is 17.7 Å². The molecule has 228 valence electrons. The molecule has 5 heterocycles. The Bertz CT molecular complexity index is 1780. The van der Waals surface area contributed by atoms with Gasteiger partial charge in [-0.2, -0.15) is 0 Å². The van der Waals surface area contributed by atoms with Gasteiger partial charge in [-0.3, -0.25) is 9.88 Å². The Morgan fingerprint density at radius 3 is 2.68 bits per heavy atom. The zero-order valence-corrected chi connectivity index (χ0v) is 24.8. The molecule has 0 radical (unpaired) electrons. The van der Waals surface area contributed by atoms with Gasteiger partial charge in [0.15, 0.2) is 17.3 Å². The van der Waals surface area contributed by atoms with E-state index in [1.165, 1.54) is 6.07 Å². The predicted octanol–water partition coefficient (Wildman–Crippen LogP) is 5.21. The van der Waals surface area contributed by atoms with Gasteiger partial charge in [-0.25, -0.2) is 14.2 Å². The first-order valence-corrected chi connectivity index (χ1v) is 15.3. The second-order valence-electron chi connectivity index (χ2n) is 12.0. The number of hydrogen-bond donors (Lipinski definition) is 1. The van der Waals surface area contributed by atoms with Crippen molar-refractivity contribution in [2.45, 2.75) is 63.3 Å². The van der Waals surface area contributed by atoms with E-state index in [1.807, 2.05) is 29.7 Å². The number of hydrogen-bond acceptors (Lipinski definition) is 8. The molecule has 3 fully saturated rings. The van der Waals surface area contributed by atoms with E-state index in [9.17, 15) is 9.90 Å². The Hall–Kier alpha value is -3.93. The summed E-state index contributed by atoms with van der Waals surface area (Å²) in [5, 5.41) is 10.1. The molecule has 0 spiro atoms. The molecule has 3 aliphatic heterocycles. The van der Waals surface area contributed by atoms with E-state index in [0.717, 1.165) is 49.9 Å². The number of anilines is 1. The highest BCUT2D eigenvalue weighted by Gasteiger charge is 2.47. The Morgan fingerprint density at radius 1 is 1.14 bits per heavy atom. The molecule has 2 aromatic carbocycles. The normalized spacial score (nSPS) is 25.9. The van der Waals surface area contributed by atoms with Crippen molar-refractivity contribution < 1.29 is 28.5 Å². The number of rotatable bonds is 7. The number of aromatic nitrogens is 3. The molecular formula is C32H31ClFN5O5. The second kappa shape index (κ2) is 10.3. The molecule has 44 heavy (non-hydrogen) atoms. The molecule has 0 bridgehead atoms. The van der Waals surface area contributed by atoms with Crippen molar-refractivity contribution in [2.75, 3.05) is 24.6 Å². The zero-order valence-electron chi connectivity index (χ0n) is 24.1. The van der Waals surface area contributed by atoms with Crippen LogP contribution in [0.5, 0.6) is 11.5 Å². The van der Waals surface area contributed by atoms with E-state index in [0.29, 0.717) is 47.4 Å². The van der Waals surface area contributed by atoms with Gasteiger partial charge in [0, 0.05) is 44.9 Å². The monoisotopic (exact) mass is 619 g/mol. The van der Waals surface area contributed by atoms with Crippen LogP contribution in [0.4, 0.5) is 10.1 Å². The van der Waals surface area contributed by atoms with Crippen LogP contribution >= 0.6 is 11.6 Å². The van der Waals surface area contributed by atoms with Crippen molar-refractivity contribution in [3.8, 4) is 11.5 Å². The van der Waals surface area contributed by atoms with Gasteiger partial charge in [0.2, 0.25) is 0 Å². The third-order valence-corrected chi connectivity index (χ3v) is 9.64. The van der Waals surface area contributed by atoms with Crippen LogP contribution in [0.15, 0.2) is 48.7 Å². The van der Waals surface area contributed by atoms with Gasteiger partial charge < -0.3 is 28.8 Å². The summed E-state index contributed by atoms with van der Waals surface area (Å²) in [7, 11) is 0. The highest BCUT2D eigenvalue weighted by atomic mass is 35.5. The van der Waals surface area contributed by atoms with E-state index in [2.05, 4.69) is 20.9 Å². The van der Waals surface area contributed by atoms with Crippen LogP contribution in [0.25, 0.3) is 11.0 Å². The first kappa shape index (κ1) is 27.6. The van der Waals surface area contributed by atoms with E-state index in [4.69, 9.17) is 30.8 Å². The van der Waals surface area contributed by atoms with Crippen molar-refractivity contribution in [3.63, 3.8) is 0 Å². The number of ether oxygens (including phenoxy) is 3. The van der Waals surface area contributed by atoms with Gasteiger partial charge in [-0.15, -0.1) is 0 Å². The summed E-state index contributed by atoms with van der Waals surface area (Å²) in [6.07, 6.45) is 4.56. The fourth-order valence-electron chi connectivity index (χ4n) is 6.90. The standard InChI is InChI=1S/C32H31ClFN5O5/c1-32(27-8-5-19(33)15-35-27)43-26-4-2-3-24(30(26)44-32)38-11-10-37(22-6-7-23(22)38)17-28-36-29-21(34)13-18(31(40)41)14-25(29)39(28)16-20-9-12-42-20/h2-5,8,13-15,20,22-23H,6-7,9-12,16-17H2,1H3,(H,40,41)/t20-,22+,23-,32+/m0/s1. The molecular weight excluding hydrogens is 589 g/mol. The number of benzene rings is 2. The minimum atomic E-state index is -1.17. The zero-order chi connectivity index (χ0) is 30.2. The molecule has 1 N–H and O–H groups in total. The second-order valence-corrected chi connectivity index (χ2v) is 12.5. The van der Waals surface area contributed by atoms with Crippen molar-refractivity contribution in [2.24, 2.45) is 0 Å². The third-order valence-electron chi connectivity index (χ3n) is 9.42. The Morgan fingerprint density at radius 2 is 1.98 bits per heavy atom. The number of imidazole rings is 1. The summed E-state index contributed by atoms with van der Waals surface area (Å²) in [6, 6.07) is 12.7. The van der Waals surface area contributed by atoms with Gasteiger partial charge in [0.1, 0.15) is 17.0 Å². The van der Waals surface area contributed by atoms with Gasteiger partial charge in [0.05, 0.1) is 41.0 Å². The van der Waals surface area contributed by atoms with Crippen LogP contribution < -0.4 is 14.4 Å². The van der Waals surface area contributed by atoms with E-state index >= 15 is 4.39 Å². The lowest BCUT2D eigenvalue weighted by atomic mass is 9.81. The highest BCUT2D eigenvalue weighted by molar-refractivity contribution is 6.30. The van der Waals surface area contributed by atoms with Gasteiger partial charge in [0.25, 0.3) is 5.79 Å². The molecule has 4 aromatic rings. The molecule has 10 nitrogen and oxygen atoms in total. The molecule has 4 aliphatic rings. The fourth-order valence-corrected chi connectivity index (χ4v) is 7.01. The third kappa shape index (κ3) is 4.48. The predicted molar refractivity (Wildman–Crippen MR) is 160 cm³/mol. The van der Waals surface area contributed by atoms with Crippen LogP contribution in [0.3, 0.4) is 0 Å². The van der Waals surface area contributed by atoms with Crippen LogP contribution in [-0.2, 0) is 23.6 Å². The van der Waals surface area contributed by atoms with Crippen molar-refractivity contribution in [1.29, 1.82) is 0 Å². The molecule has 8 rings (SSSR count). The average Bonchev–Trinajstić information content (AvgIpc) is 3.49. The van der Waals surface area contributed by atoms with E-state index < -0.39 is 17.6 Å². The topological polar surface area (TPSA) is 102 Å².